The third-order valence-electron chi connectivity index (χ3n) is 3.77. The number of carbonyl (C=O) groups is 1. The molecule has 0 saturated carbocycles. The number of carbonyl (C=O) groups excluding carboxylic acids is 1. The van der Waals surface area contributed by atoms with Crippen molar-refractivity contribution in [1.29, 1.82) is 0 Å². The molecule has 2 amide bonds. The first-order valence-electron chi connectivity index (χ1n) is 8.23. The number of halogens is 2. The first-order valence-corrected chi connectivity index (χ1v) is 9.87. The van der Waals surface area contributed by atoms with Crippen LogP contribution in [-0.2, 0) is 0 Å². The van der Waals surface area contributed by atoms with Crippen molar-refractivity contribution in [3.05, 3.63) is 78.4 Å². The van der Waals surface area contributed by atoms with Gasteiger partial charge in [-0.05, 0) is 48.5 Å². The van der Waals surface area contributed by atoms with Crippen LogP contribution in [0.4, 0.5) is 25.0 Å². The molecule has 0 aliphatic heterocycles. The fraction of sp³-hybridized carbons (Fsp3) is 0. The molecule has 0 aliphatic carbocycles. The second-order valence-corrected chi connectivity index (χ2v) is 8.13. The lowest BCUT2D eigenvalue weighted by atomic mass is 10.3. The molecule has 0 aliphatic rings. The molecule has 0 bridgehead atoms. The van der Waals surface area contributed by atoms with Crippen LogP contribution in [0.3, 0.4) is 0 Å². The smallest absolute Gasteiger partial charge is 0.308 e. The molecule has 4 nitrogen and oxygen atoms in total. The fourth-order valence-corrected chi connectivity index (χ4v) is 4.51. The highest BCUT2D eigenvalue weighted by Gasteiger charge is 2.08. The number of amides is 2. The number of anilines is 2. The van der Waals surface area contributed by atoms with Crippen molar-refractivity contribution >= 4 is 50.7 Å². The van der Waals surface area contributed by atoms with Crippen LogP contribution >= 0.6 is 23.1 Å². The van der Waals surface area contributed by atoms with Gasteiger partial charge in [-0.25, -0.2) is 18.6 Å². The number of nitrogens with one attached hydrogen (secondary N) is 2. The third kappa shape index (κ3) is 4.29. The fourth-order valence-electron chi connectivity index (χ4n) is 2.47. The number of fused-ring (bicyclic) bond motifs is 1. The summed E-state index contributed by atoms with van der Waals surface area (Å²) >= 11 is 3.17. The van der Waals surface area contributed by atoms with Gasteiger partial charge in [0.15, 0.2) is 16.0 Å². The van der Waals surface area contributed by atoms with Crippen molar-refractivity contribution in [3.63, 3.8) is 0 Å². The van der Waals surface area contributed by atoms with Gasteiger partial charge in [0.2, 0.25) is 0 Å². The predicted octanol–water partition coefficient (Wildman–Crippen LogP) is 6.37. The summed E-state index contributed by atoms with van der Waals surface area (Å²) in [7, 11) is 0. The summed E-state index contributed by atoms with van der Waals surface area (Å²) in [6.45, 7) is 0. The Hall–Kier alpha value is -2.97. The normalized spacial score (nSPS) is 10.8. The average Bonchev–Trinajstić information content (AvgIpc) is 3.08. The summed E-state index contributed by atoms with van der Waals surface area (Å²) in [4.78, 5) is 17.6. The second-order valence-electron chi connectivity index (χ2n) is 5.78. The molecule has 0 unspecified atom stereocenters. The molecule has 0 spiro atoms. The number of rotatable bonds is 4. The lowest BCUT2D eigenvalue weighted by Crippen LogP contribution is -2.19. The SMILES string of the molecule is O=C(Nc1ccc(Sc2nc3ccccc3s2)cc1)Nc1ccc(F)c(F)c1. The van der Waals surface area contributed by atoms with E-state index in [9.17, 15) is 13.6 Å². The van der Waals surface area contributed by atoms with Gasteiger partial charge in [0.05, 0.1) is 10.2 Å². The van der Waals surface area contributed by atoms with Crippen LogP contribution < -0.4 is 10.6 Å². The first-order chi connectivity index (χ1) is 13.6. The monoisotopic (exact) mass is 413 g/mol. The summed E-state index contributed by atoms with van der Waals surface area (Å²) in [5.41, 5.74) is 1.72. The molecule has 4 aromatic rings. The molecule has 1 heterocycles. The molecule has 0 saturated heterocycles. The van der Waals surface area contributed by atoms with Crippen LogP contribution in [0.25, 0.3) is 10.2 Å². The van der Waals surface area contributed by atoms with E-state index in [1.165, 1.54) is 6.07 Å². The molecular weight excluding hydrogens is 400 g/mol. The van der Waals surface area contributed by atoms with Crippen LogP contribution in [0.2, 0.25) is 0 Å². The van der Waals surface area contributed by atoms with Gasteiger partial charge >= 0.3 is 6.03 Å². The van der Waals surface area contributed by atoms with Gasteiger partial charge in [-0.3, -0.25) is 0 Å². The van der Waals surface area contributed by atoms with Gasteiger partial charge in [-0.15, -0.1) is 11.3 Å². The molecule has 0 radical (unpaired) electrons. The highest BCUT2D eigenvalue weighted by molar-refractivity contribution is 8.01. The minimum Gasteiger partial charge on any atom is -0.308 e. The molecule has 4 rings (SSSR count). The molecule has 28 heavy (non-hydrogen) atoms. The summed E-state index contributed by atoms with van der Waals surface area (Å²) in [6.07, 6.45) is 0. The zero-order chi connectivity index (χ0) is 19.5. The van der Waals surface area contributed by atoms with E-state index in [2.05, 4.69) is 15.6 Å². The Bertz CT molecular complexity index is 1110. The Morgan fingerprint density at radius 3 is 2.36 bits per heavy atom. The minimum atomic E-state index is -1.02. The largest absolute Gasteiger partial charge is 0.323 e. The van der Waals surface area contributed by atoms with Crippen LogP contribution in [-0.4, -0.2) is 11.0 Å². The molecule has 140 valence electrons. The topological polar surface area (TPSA) is 54.0 Å². The summed E-state index contributed by atoms with van der Waals surface area (Å²) < 4.78 is 28.2. The Kier molecular flexibility index (Phi) is 5.23. The Morgan fingerprint density at radius 1 is 0.893 bits per heavy atom. The average molecular weight is 413 g/mol. The number of aromatic nitrogens is 1. The van der Waals surface area contributed by atoms with Crippen molar-refractivity contribution in [3.8, 4) is 0 Å². The zero-order valence-corrected chi connectivity index (χ0v) is 15.9. The predicted molar refractivity (Wildman–Crippen MR) is 109 cm³/mol. The van der Waals surface area contributed by atoms with E-state index < -0.39 is 17.7 Å². The standard InChI is InChI=1S/C20H13F2N3OS2/c21-15-10-7-13(11-16(15)22)24-19(26)23-12-5-8-14(9-6-12)27-20-25-17-3-1-2-4-18(17)28-20/h1-11H,(H2,23,24,26). The van der Waals surface area contributed by atoms with E-state index in [0.29, 0.717) is 5.69 Å². The van der Waals surface area contributed by atoms with E-state index in [1.807, 2.05) is 36.4 Å². The Labute approximate surface area is 167 Å². The molecule has 0 atom stereocenters. The van der Waals surface area contributed by atoms with Gasteiger partial charge in [0.25, 0.3) is 0 Å². The van der Waals surface area contributed by atoms with Gasteiger partial charge in [0.1, 0.15) is 0 Å². The van der Waals surface area contributed by atoms with Gasteiger partial charge in [-0.1, -0.05) is 23.9 Å². The van der Waals surface area contributed by atoms with Gasteiger partial charge in [0, 0.05) is 22.3 Å². The quantitative estimate of drug-likeness (QED) is 0.409. The maximum absolute atomic E-state index is 13.2. The summed E-state index contributed by atoms with van der Waals surface area (Å²) in [6, 6.07) is 17.9. The third-order valence-corrected chi connectivity index (χ3v) is 5.87. The van der Waals surface area contributed by atoms with Crippen molar-refractivity contribution in [2.24, 2.45) is 0 Å². The molecule has 1 aromatic heterocycles. The lowest BCUT2D eigenvalue weighted by molar-refractivity contribution is 0.262. The Balaban J connectivity index is 1.38. The molecule has 3 aromatic carbocycles. The number of para-hydroxylation sites is 1. The molecule has 2 N–H and O–H groups in total. The second kappa shape index (κ2) is 7.95. The van der Waals surface area contributed by atoms with Crippen molar-refractivity contribution < 1.29 is 13.6 Å². The number of nitrogens with zero attached hydrogens (tertiary/aromatic N) is 1. The highest BCUT2D eigenvalue weighted by atomic mass is 32.2. The van der Waals surface area contributed by atoms with E-state index >= 15 is 0 Å². The van der Waals surface area contributed by atoms with Crippen molar-refractivity contribution in [2.45, 2.75) is 9.24 Å². The number of urea groups is 1. The van der Waals surface area contributed by atoms with Crippen molar-refractivity contribution in [2.75, 3.05) is 10.6 Å². The van der Waals surface area contributed by atoms with Crippen LogP contribution in [0.5, 0.6) is 0 Å². The molecule has 8 heteroatoms. The highest BCUT2D eigenvalue weighted by Crippen LogP contribution is 2.34. The lowest BCUT2D eigenvalue weighted by Gasteiger charge is -2.08. The Morgan fingerprint density at radius 2 is 1.61 bits per heavy atom. The summed E-state index contributed by atoms with van der Waals surface area (Å²) in [5, 5.41) is 5.11. The van der Waals surface area contributed by atoms with E-state index in [0.717, 1.165) is 31.6 Å². The van der Waals surface area contributed by atoms with Crippen LogP contribution in [0.1, 0.15) is 0 Å². The molecular formula is C20H13F2N3OS2. The van der Waals surface area contributed by atoms with Crippen LogP contribution in [0, 0.1) is 11.6 Å². The first kappa shape index (κ1) is 18.4. The van der Waals surface area contributed by atoms with E-state index in [1.54, 1.807) is 35.2 Å². The minimum absolute atomic E-state index is 0.166. The number of hydrogen-bond acceptors (Lipinski definition) is 4. The zero-order valence-electron chi connectivity index (χ0n) is 14.3. The maximum atomic E-state index is 13.2. The molecule has 0 fully saturated rings. The van der Waals surface area contributed by atoms with Crippen molar-refractivity contribution in [1.82, 2.24) is 4.98 Å². The van der Waals surface area contributed by atoms with E-state index in [4.69, 9.17) is 0 Å². The van der Waals surface area contributed by atoms with E-state index in [-0.39, 0.29) is 5.69 Å². The van der Waals surface area contributed by atoms with Gasteiger partial charge < -0.3 is 10.6 Å². The number of thiazole rings is 1. The maximum Gasteiger partial charge on any atom is 0.323 e. The number of hydrogen-bond donors (Lipinski definition) is 2. The van der Waals surface area contributed by atoms with Gasteiger partial charge in [-0.2, -0.15) is 0 Å². The summed E-state index contributed by atoms with van der Waals surface area (Å²) in [5.74, 6) is -1.99. The van der Waals surface area contributed by atoms with Crippen LogP contribution in [0.15, 0.2) is 76.0 Å². The number of benzene rings is 3.